The quantitative estimate of drug-likeness (QED) is 0.436. The summed E-state index contributed by atoms with van der Waals surface area (Å²) in [5.74, 6) is 0.871. The van der Waals surface area contributed by atoms with Crippen molar-refractivity contribution >= 4 is 39.6 Å². The fourth-order valence-electron chi connectivity index (χ4n) is 5.00. The monoisotopic (exact) mass is 414 g/mol. The van der Waals surface area contributed by atoms with Crippen LogP contribution in [0.5, 0.6) is 5.75 Å². The van der Waals surface area contributed by atoms with Crippen molar-refractivity contribution in [2.45, 2.75) is 0 Å². The standard InChI is InChI=1S/C28H23BN2O/c1-4-13-23(14-5-1)29(24-15-6-2-7-16-24)31(25-17-8-3-9-18-25)30-28-26-19-11-10-12-22(26)20-21-27(28)32-29/h1-21,30-31H. The summed E-state index contributed by atoms with van der Waals surface area (Å²) in [7, 11) is 0. The Kier molecular flexibility index (Phi) is 4.44. The average Bonchev–Trinajstić information content (AvgIpc) is 2.89. The predicted octanol–water partition coefficient (Wildman–Crippen LogP) is 4.03. The number of rotatable bonds is 3. The third-order valence-corrected chi connectivity index (χ3v) is 6.48. The van der Waals surface area contributed by atoms with Gasteiger partial charge in [-0.1, -0.05) is 120 Å². The van der Waals surface area contributed by atoms with E-state index >= 15 is 0 Å². The molecule has 1 aliphatic rings. The topological polar surface area (TPSA) is 25.7 Å². The van der Waals surface area contributed by atoms with E-state index < -0.39 is 6.48 Å². The molecule has 0 bridgehead atoms. The fraction of sp³-hybridized carbons (Fsp3) is 0. The van der Waals surface area contributed by atoms with Gasteiger partial charge < -0.3 is 9.57 Å². The van der Waals surface area contributed by atoms with Gasteiger partial charge in [0, 0.05) is 5.39 Å². The second-order valence-electron chi connectivity index (χ2n) is 8.29. The van der Waals surface area contributed by atoms with Crippen LogP contribution in [-0.2, 0) is 0 Å². The number of hydrogen-bond donors (Lipinski definition) is 2. The summed E-state index contributed by atoms with van der Waals surface area (Å²) in [6, 6.07) is 44.3. The maximum atomic E-state index is 7.13. The number of fused-ring (bicyclic) bond motifs is 3. The van der Waals surface area contributed by atoms with Gasteiger partial charge in [-0.25, -0.2) is 0 Å². The maximum absolute atomic E-state index is 7.13. The first kappa shape index (κ1) is 18.7. The molecule has 1 heterocycles. The molecule has 3 nitrogen and oxygen atoms in total. The van der Waals surface area contributed by atoms with E-state index in [1.165, 1.54) is 5.39 Å². The van der Waals surface area contributed by atoms with Crippen LogP contribution in [0.25, 0.3) is 10.8 Å². The third kappa shape index (κ3) is 2.88. The summed E-state index contributed by atoms with van der Waals surface area (Å²) in [4.78, 5) is 1.08. The minimum absolute atomic E-state index is 0.871. The van der Waals surface area contributed by atoms with Crippen LogP contribution in [0.15, 0.2) is 127 Å². The van der Waals surface area contributed by atoms with Crippen LogP contribution in [0.1, 0.15) is 0 Å². The number of benzene rings is 5. The molecule has 1 aliphatic heterocycles. The number of nitrogens with one attached hydrogen (secondary N) is 2. The number of hydrogen-bond acceptors (Lipinski definition) is 2. The molecule has 154 valence electrons. The maximum Gasteiger partial charge on any atom is 0.467 e. The van der Waals surface area contributed by atoms with Gasteiger partial charge in [0.15, 0.2) is 0 Å². The minimum atomic E-state index is -1.72. The first-order chi connectivity index (χ1) is 15.9. The van der Waals surface area contributed by atoms with Crippen LogP contribution in [0.3, 0.4) is 0 Å². The van der Waals surface area contributed by atoms with E-state index in [1.54, 1.807) is 0 Å². The largest absolute Gasteiger partial charge is 0.655 e. The molecule has 0 fully saturated rings. The minimum Gasteiger partial charge on any atom is -0.655 e. The fourth-order valence-corrected chi connectivity index (χ4v) is 5.00. The van der Waals surface area contributed by atoms with Gasteiger partial charge in [0.2, 0.25) is 0 Å². The molecule has 0 saturated carbocycles. The Morgan fingerprint density at radius 1 is 0.562 bits per heavy atom. The zero-order chi connectivity index (χ0) is 21.4. The predicted molar refractivity (Wildman–Crippen MR) is 133 cm³/mol. The van der Waals surface area contributed by atoms with Crippen molar-refractivity contribution in [2.24, 2.45) is 0 Å². The van der Waals surface area contributed by atoms with Crippen molar-refractivity contribution < 1.29 is 9.57 Å². The Balaban J connectivity index is 1.67. The van der Waals surface area contributed by atoms with Crippen LogP contribution in [0.2, 0.25) is 0 Å². The van der Waals surface area contributed by atoms with Gasteiger partial charge in [-0.15, -0.1) is 0 Å². The van der Waals surface area contributed by atoms with Gasteiger partial charge in [-0.05, 0) is 23.6 Å². The lowest BCUT2D eigenvalue weighted by Crippen LogP contribution is -3.28. The first-order valence-corrected chi connectivity index (χ1v) is 11.0. The molecule has 1 atom stereocenters. The van der Waals surface area contributed by atoms with Crippen molar-refractivity contribution in [3.63, 3.8) is 0 Å². The summed E-state index contributed by atoms with van der Waals surface area (Å²) in [5, 5.41) is 2.35. The van der Waals surface area contributed by atoms with Crippen molar-refractivity contribution in [1.82, 2.24) is 0 Å². The molecule has 5 aromatic rings. The van der Waals surface area contributed by atoms with E-state index in [9.17, 15) is 0 Å². The van der Waals surface area contributed by atoms with E-state index in [2.05, 4.69) is 133 Å². The lowest BCUT2D eigenvalue weighted by molar-refractivity contribution is -0.701. The Morgan fingerprint density at radius 3 is 1.78 bits per heavy atom. The zero-order valence-corrected chi connectivity index (χ0v) is 17.6. The molecule has 0 radical (unpaired) electrons. The second-order valence-corrected chi connectivity index (χ2v) is 8.29. The van der Waals surface area contributed by atoms with E-state index in [-0.39, 0.29) is 0 Å². The molecule has 6 rings (SSSR count). The van der Waals surface area contributed by atoms with Crippen molar-refractivity contribution in [3.8, 4) is 5.75 Å². The number of anilines is 1. The summed E-state index contributed by atoms with van der Waals surface area (Å²) >= 11 is 0. The van der Waals surface area contributed by atoms with Gasteiger partial charge >= 0.3 is 6.48 Å². The normalized spacial score (nSPS) is 16.6. The highest BCUT2D eigenvalue weighted by Gasteiger charge is 2.49. The van der Waals surface area contributed by atoms with Crippen LogP contribution in [-0.4, -0.2) is 6.48 Å². The van der Waals surface area contributed by atoms with Gasteiger partial charge in [-0.3, -0.25) is 5.43 Å². The lowest BCUT2D eigenvalue weighted by Gasteiger charge is -2.50. The third-order valence-electron chi connectivity index (χ3n) is 6.48. The molecule has 0 saturated heterocycles. The van der Waals surface area contributed by atoms with Crippen LogP contribution in [0, 0.1) is 0 Å². The van der Waals surface area contributed by atoms with Gasteiger partial charge in [-0.2, -0.15) is 0 Å². The lowest BCUT2D eigenvalue weighted by atomic mass is 9.40. The molecule has 2 N–H and O–H groups in total. The molecule has 5 aromatic carbocycles. The van der Waals surface area contributed by atoms with Gasteiger partial charge in [0.25, 0.3) is 0 Å². The SMILES string of the molecule is c1ccc([NH+]2Nc3c(ccc4ccccc34)O[B-]2(c2ccccc2)c2ccccc2)cc1. The molecule has 0 aliphatic carbocycles. The van der Waals surface area contributed by atoms with Gasteiger partial charge in [0.05, 0.1) is 0 Å². The van der Waals surface area contributed by atoms with Crippen molar-refractivity contribution in [3.05, 3.63) is 127 Å². The smallest absolute Gasteiger partial charge is 0.467 e. The van der Waals surface area contributed by atoms with Crippen LogP contribution in [0.4, 0.5) is 11.4 Å². The first-order valence-electron chi connectivity index (χ1n) is 11.0. The van der Waals surface area contributed by atoms with Crippen LogP contribution < -0.4 is 25.9 Å². The molecular formula is C28H23BN2O. The summed E-state index contributed by atoms with van der Waals surface area (Å²) in [6.07, 6.45) is 0. The Hall–Kier alpha value is -4.02. The molecule has 32 heavy (non-hydrogen) atoms. The van der Waals surface area contributed by atoms with Crippen molar-refractivity contribution in [1.29, 1.82) is 0 Å². The second kappa shape index (κ2) is 7.59. The molecule has 1 unspecified atom stereocenters. The molecular weight excluding hydrogens is 391 g/mol. The van der Waals surface area contributed by atoms with E-state index in [0.717, 1.165) is 38.4 Å². The Labute approximate surface area is 187 Å². The van der Waals surface area contributed by atoms with E-state index in [1.807, 2.05) is 0 Å². The van der Waals surface area contributed by atoms with Crippen molar-refractivity contribution in [2.75, 3.05) is 5.43 Å². The molecule has 0 amide bonds. The van der Waals surface area contributed by atoms with E-state index in [0.29, 0.717) is 0 Å². The molecule has 0 aromatic heterocycles. The Morgan fingerprint density at radius 2 is 1.12 bits per heavy atom. The highest BCUT2D eigenvalue weighted by atomic mass is 16.5. The van der Waals surface area contributed by atoms with E-state index in [4.69, 9.17) is 4.65 Å². The molecule has 0 spiro atoms. The Bertz CT molecular complexity index is 1330. The summed E-state index contributed by atoms with van der Waals surface area (Å²) in [5.41, 5.74) is 8.29. The highest BCUT2D eigenvalue weighted by Crippen LogP contribution is 2.35. The number of quaternary nitrogens is 1. The summed E-state index contributed by atoms with van der Waals surface area (Å²) in [6.45, 7) is -1.72. The zero-order valence-electron chi connectivity index (χ0n) is 17.6. The van der Waals surface area contributed by atoms with Gasteiger partial charge in [0.1, 0.15) is 17.1 Å². The number of para-hydroxylation sites is 1. The summed E-state index contributed by atoms with van der Waals surface area (Å²) < 4.78 is 7.13. The molecule has 4 heteroatoms. The highest BCUT2D eigenvalue weighted by molar-refractivity contribution is 6.92. The average molecular weight is 414 g/mol. The van der Waals surface area contributed by atoms with Crippen LogP contribution >= 0.6 is 0 Å².